The summed E-state index contributed by atoms with van der Waals surface area (Å²) >= 11 is 0. The molecule has 1 atom stereocenters. The number of halogens is 1. The Morgan fingerprint density at radius 1 is 0.909 bits per heavy atom. The van der Waals surface area contributed by atoms with E-state index < -0.39 is 0 Å². The number of nitrogens with zero attached hydrogens (tertiary/aromatic N) is 1. The topological polar surface area (TPSA) is 38.8 Å². The van der Waals surface area contributed by atoms with Crippen LogP contribution in [0, 0.1) is 5.82 Å². The predicted octanol–water partition coefficient (Wildman–Crippen LogP) is 5.78. The maximum Gasteiger partial charge on any atom is 0.255 e. The first kappa shape index (κ1) is 21.0. The van der Waals surface area contributed by atoms with Crippen LogP contribution < -0.4 is 9.47 Å². The molecule has 0 fully saturated rings. The highest BCUT2D eigenvalue weighted by Gasteiger charge is 2.34. The van der Waals surface area contributed by atoms with Crippen LogP contribution in [0.15, 0.2) is 78.9 Å². The molecule has 33 heavy (non-hydrogen) atoms. The van der Waals surface area contributed by atoms with Gasteiger partial charge in [-0.3, -0.25) is 4.79 Å². The van der Waals surface area contributed by atoms with Gasteiger partial charge in [0.1, 0.15) is 5.82 Å². The number of methoxy groups -OCH3 is 2. The van der Waals surface area contributed by atoms with Crippen LogP contribution in [0.2, 0.25) is 0 Å². The fourth-order valence-corrected chi connectivity index (χ4v) is 4.74. The number of hydrogen-bond donors (Lipinski definition) is 0. The van der Waals surface area contributed by atoms with Gasteiger partial charge in [0.25, 0.3) is 5.91 Å². The molecule has 0 radical (unpaired) electrons. The summed E-state index contributed by atoms with van der Waals surface area (Å²) in [5.41, 5.74) is 3.55. The highest BCUT2D eigenvalue weighted by Crippen LogP contribution is 2.42. The van der Waals surface area contributed by atoms with Crippen molar-refractivity contribution in [3.63, 3.8) is 0 Å². The van der Waals surface area contributed by atoms with E-state index >= 15 is 0 Å². The average molecular weight is 442 g/mol. The average Bonchev–Trinajstić information content (AvgIpc) is 2.87. The summed E-state index contributed by atoms with van der Waals surface area (Å²) < 4.78 is 24.8. The van der Waals surface area contributed by atoms with E-state index in [-0.39, 0.29) is 17.8 Å². The summed E-state index contributed by atoms with van der Waals surface area (Å²) in [6.07, 6.45) is 0.684. The number of carbonyl (C=O) groups is 1. The number of benzene rings is 4. The van der Waals surface area contributed by atoms with E-state index in [2.05, 4.69) is 0 Å². The van der Waals surface area contributed by atoms with Gasteiger partial charge in [0.05, 0.1) is 20.3 Å². The van der Waals surface area contributed by atoms with Crippen molar-refractivity contribution in [2.24, 2.45) is 0 Å². The molecule has 0 bridgehead atoms. The number of ether oxygens (including phenoxy) is 2. The third kappa shape index (κ3) is 3.69. The van der Waals surface area contributed by atoms with Crippen molar-refractivity contribution >= 4 is 16.7 Å². The largest absolute Gasteiger partial charge is 0.493 e. The Labute approximate surface area is 192 Å². The Hall–Kier alpha value is -3.86. The molecule has 4 aromatic carbocycles. The molecular formula is C28H24FNO3. The maximum atomic E-state index is 13.9. The van der Waals surface area contributed by atoms with E-state index in [1.807, 2.05) is 59.5 Å². The smallest absolute Gasteiger partial charge is 0.255 e. The summed E-state index contributed by atoms with van der Waals surface area (Å²) in [6.45, 7) is 0.534. The van der Waals surface area contributed by atoms with Crippen LogP contribution in [0.25, 0.3) is 10.8 Å². The predicted molar refractivity (Wildman–Crippen MR) is 126 cm³/mol. The molecule has 1 amide bonds. The first-order valence-electron chi connectivity index (χ1n) is 10.9. The molecule has 5 rings (SSSR count). The quantitative estimate of drug-likeness (QED) is 0.403. The SMILES string of the molecule is COc1cc2c(cc1OC)C(c1ccc(F)cc1)N(C(=O)c1cccc3ccccc13)CC2. The van der Waals surface area contributed by atoms with Gasteiger partial charge in [0.15, 0.2) is 11.5 Å². The van der Waals surface area contributed by atoms with Crippen LogP contribution in [-0.2, 0) is 6.42 Å². The second kappa shape index (κ2) is 8.58. The zero-order chi connectivity index (χ0) is 22.9. The molecule has 5 heteroatoms. The fourth-order valence-electron chi connectivity index (χ4n) is 4.74. The highest BCUT2D eigenvalue weighted by atomic mass is 19.1. The molecule has 4 nitrogen and oxygen atoms in total. The lowest BCUT2D eigenvalue weighted by Crippen LogP contribution is -2.40. The number of rotatable bonds is 4. The van der Waals surface area contributed by atoms with Gasteiger partial charge >= 0.3 is 0 Å². The Morgan fingerprint density at radius 2 is 1.61 bits per heavy atom. The molecule has 1 heterocycles. The van der Waals surface area contributed by atoms with Gasteiger partial charge in [0, 0.05) is 12.1 Å². The van der Waals surface area contributed by atoms with Crippen LogP contribution in [0.5, 0.6) is 11.5 Å². The van der Waals surface area contributed by atoms with Crippen molar-refractivity contribution in [1.82, 2.24) is 4.90 Å². The molecule has 0 spiro atoms. The van der Waals surface area contributed by atoms with E-state index in [1.165, 1.54) is 12.1 Å². The van der Waals surface area contributed by atoms with E-state index in [0.29, 0.717) is 30.0 Å². The van der Waals surface area contributed by atoms with Gasteiger partial charge in [-0.15, -0.1) is 0 Å². The molecule has 4 aromatic rings. The number of amides is 1. The summed E-state index contributed by atoms with van der Waals surface area (Å²) in [6, 6.07) is 23.6. The fraction of sp³-hybridized carbons (Fsp3) is 0.179. The summed E-state index contributed by atoms with van der Waals surface area (Å²) in [5, 5.41) is 1.94. The Morgan fingerprint density at radius 3 is 2.36 bits per heavy atom. The van der Waals surface area contributed by atoms with Crippen molar-refractivity contribution in [3.05, 3.63) is 107 Å². The van der Waals surface area contributed by atoms with Crippen LogP contribution in [0.3, 0.4) is 0 Å². The lowest BCUT2D eigenvalue weighted by molar-refractivity contribution is 0.0696. The van der Waals surface area contributed by atoms with Gasteiger partial charge in [-0.1, -0.05) is 48.5 Å². The Bertz CT molecular complexity index is 1330. The summed E-state index contributed by atoms with van der Waals surface area (Å²) in [5.74, 6) is 0.890. The van der Waals surface area contributed by atoms with Crippen molar-refractivity contribution in [2.75, 3.05) is 20.8 Å². The number of hydrogen-bond acceptors (Lipinski definition) is 3. The minimum atomic E-state index is -0.374. The normalized spacial score (nSPS) is 15.2. The van der Waals surface area contributed by atoms with Crippen molar-refractivity contribution in [3.8, 4) is 11.5 Å². The summed E-state index contributed by atoms with van der Waals surface area (Å²) in [4.78, 5) is 15.8. The zero-order valence-corrected chi connectivity index (χ0v) is 18.5. The van der Waals surface area contributed by atoms with E-state index in [0.717, 1.165) is 27.5 Å². The summed E-state index contributed by atoms with van der Waals surface area (Å²) in [7, 11) is 3.21. The molecule has 166 valence electrons. The molecule has 0 aromatic heterocycles. The molecule has 1 aliphatic heterocycles. The molecule has 0 saturated carbocycles. The Kier molecular flexibility index (Phi) is 5.47. The zero-order valence-electron chi connectivity index (χ0n) is 18.5. The van der Waals surface area contributed by atoms with Crippen molar-refractivity contribution in [2.45, 2.75) is 12.5 Å². The lowest BCUT2D eigenvalue weighted by atomic mass is 9.87. The molecule has 1 aliphatic rings. The van der Waals surface area contributed by atoms with E-state index in [4.69, 9.17) is 9.47 Å². The minimum Gasteiger partial charge on any atom is -0.493 e. The number of fused-ring (bicyclic) bond motifs is 2. The standard InChI is InChI=1S/C28H24FNO3/c1-32-25-16-20-14-15-30(28(31)23-9-5-7-18-6-3-4-8-22(18)23)27(24(20)17-26(25)33-2)19-10-12-21(29)13-11-19/h3-13,16-17,27H,14-15H2,1-2H3. The van der Waals surface area contributed by atoms with Crippen molar-refractivity contribution in [1.29, 1.82) is 0 Å². The number of carbonyl (C=O) groups excluding carboxylic acids is 1. The van der Waals surface area contributed by atoms with Gasteiger partial charge in [-0.05, 0) is 64.2 Å². The lowest BCUT2D eigenvalue weighted by Gasteiger charge is -2.38. The molecule has 0 aliphatic carbocycles. The monoisotopic (exact) mass is 441 g/mol. The molecule has 0 saturated heterocycles. The molecular weight excluding hydrogens is 417 g/mol. The molecule has 1 unspecified atom stereocenters. The van der Waals surface area contributed by atoms with Crippen LogP contribution in [-0.4, -0.2) is 31.6 Å². The van der Waals surface area contributed by atoms with E-state index in [1.54, 1.807) is 26.4 Å². The first-order chi connectivity index (χ1) is 16.1. The van der Waals surface area contributed by atoms with Gasteiger partial charge in [-0.2, -0.15) is 0 Å². The van der Waals surface area contributed by atoms with Crippen LogP contribution in [0.4, 0.5) is 4.39 Å². The van der Waals surface area contributed by atoms with Crippen LogP contribution in [0.1, 0.15) is 33.1 Å². The van der Waals surface area contributed by atoms with E-state index in [9.17, 15) is 9.18 Å². The maximum absolute atomic E-state index is 13.9. The van der Waals surface area contributed by atoms with Gasteiger partial charge in [-0.25, -0.2) is 4.39 Å². The second-order valence-electron chi connectivity index (χ2n) is 8.14. The highest BCUT2D eigenvalue weighted by molar-refractivity contribution is 6.07. The van der Waals surface area contributed by atoms with Gasteiger partial charge < -0.3 is 14.4 Å². The first-order valence-corrected chi connectivity index (χ1v) is 10.9. The van der Waals surface area contributed by atoms with Crippen molar-refractivity contribution < 1.29 is 18.7 Å². The molecule has 0 N–H and O–H groups in total. The van der Waals surface area contributed by atoms with Crippen LogP contribution >= 0.6 is 0 Å². The third-order valence-corrected chi connectivity index (χ3v) is 6.34. The second-order valence-corrected chi connectivity index (χ2v) is 8.14. The third-order valence-electron chi connectivity index (χ3n) is 6.34. The van der Waals surface area contributed by atoms with Gasteiger partial charge in [0.2, 0.25) is 0 Å². The minimum absolute atomic E-state index is 0.0541. The Balaban J connectivity index is 1.67.